The highest BCUT2D eigenvalue weighted by molar-refractivity contribution is 9.10. The topological polar surface area (TPSA) is 49.8 Å². The maximum atomic E-state index is 10.8. The maximum Gasteiger partial charge on any atom is 0.317 e. The summed E-state index contributed by atoms with van der Waals surface area (Å²) in [4.78, 5) is 12.7. The lowest BCUT2D eigenvalue weighted by Crippen LogP contribution is -2.35. The molecule has 0 aliphatic heterocycles. The van der Waals surface area contributed by atoms with Crippen LogP contribution in [0.1, 0.15) is 19.4 Å². The van der Waals surface area contributed by atoms with Crippen LogP contribution in [0.5, 0.6) is 5.75 Å². The van der Waals surface area contributed by atoms with Crippen LogP contribution in [-0.4, -0.2) is 35.7 Å². The Morgan fingerprint density at radius 2 is 2.17 bits per heavy atom. The van der Waals surface area contributed by atoms with Crippen molar-refractivity contribution >= 4 is 21.9 Å². The SMILES string of the molecule is COc1ccc(CN(CC(=O)O)C(C)C)cc1Br. The summed E-state index contributed by atoms with van der Waals surface area (Å²) in [5.74, 6) is -0.0376. The van der Waals surface area contributed by atoms with Gasteiger partial charge in [-0.15, -0.1) is 0 Å². The first-order chi connectivity index (χ1) is 8.43. The van der Waals surface area contributed by atoms with Crippen molar-refractivity contribution in [3.8, 4) is 5.75 Å². The Morgan fingerprint density at radius 1 is 1.50 bits per heavy atom. The molecule has 0 amide bonds. The van der Waals surface area contributed by atoms with Crippen LogP contribution in [0, 0.1) is 0 Å². The highest BCUT2D eigenvalue weighted by atomic mass is 79.9. The van der Waals surface area contributed by atoms with Gasteiger partial charge < -0.3 is 9.84 Å². The van der Waals surface area contributed by atoms with E-state index in [0.29, 0.717) is 6.54 Å². The average molecular weight is 316 g/mol. The molecule has 1 N–H and O–H groups in total. The van der Waals surface area contributed by atoms with Gasteiger partial charge >= 0.3 is 5.97 Å². The first-order valence-corrected chi connectivity index (χ1v) is 6.51. The van der Waals surface area contributed by atoms with Gasteiger partial charge in [0.1, 0.15) is 5.75 Å². The zero-order valence-corrected chi connectivity index (χ0v) is 12.4. The van der Waals surface area contributed by atoms with Crippen molar-refractivity contribution < 1.29 is 14.6 Å². The predicted molar refractivity (Wildman–Crippen MR) is 73.9 cm³/mol. The summed E-state index contributed by atoms with van der Waals surface area (Å²) < 4.78 is 6.04. The number of rotatable bonds is 6. The van der Waals surface area contributed by atoms with Gasteiger partial charge in [-0.1, -0.05) is 6.07 Å². The Morgan fingerprint density at radius 3 is 2.61 bits per heavy atom. The van der Waals surface area contributed by atoms with Gasteiger partial charge in [-0.2, -0.15) is 0 Å². The Labute approximate surface area is 116 Å². The molecule has 0 saturated carbocycles. The molecule has 1 aromatic carbocycles. The number of carboxylic acid groups (broad SMARTS) is 1. The molecule has 0 spiro atoms. The highest BCUT2D eigenvalue weighted by Gasteiger charge is 2.14. The van der Waals surface area contributed by atoms with E-state index >= 15 is 0 Å². The van der Waals surface area contributed by atoms with E-state index in [-0.39, 0.29) is 12.6 Å². The molecule has 0 bridgehead atoms. The fourth-order valence-corrected chi connectivity index (χ4v) is 2.23. The van der Waals surface area contributed by atoms with Crippen LogP contribution in [0.3, 0.4) is 0 Å². The monoisotopic (exact) mass is 315 g/mol. The molecular weight excluding hydrogens is 298 g/mol. The fourth-order valence-electron chi connectivity index (χ4n) is 1.64. The van der Waals surface area contributed by atoms with Gasteiger partial charge in [0.25, 0.3) is 0 Å². The molecule has 100 valence electrons. The average Bonchev–Trinajstić information content (AvgIpc) is 2.27. The molecule has 4 nitrogen and oxygen atoms in total. The number of benzene rings is 1. The van der Waals surface area contributed by atoms with Gasteiger partial charge in [0.2, 0.25) is 0 Å². The molecule has 1 rings (SSSR count). The van der Waals surface area contributed by atoms with Crippen molar-refractivity contribution in [2.24, 2.45) is 0 Å². The second-order valence-corrected chi connectivity index (χ2v) is 5.22. The van der Waals surface area contributed by atoms with E-state index in [4.69, 9.17) is 9.84 Å². The molecule has 0 aliphatic rings. The van der Waals surface area contributed by atoms with E-state index in [0.717, 1.165) is 15.8 Å². The standard InChI is InChI=1S/C13H18BrNO3/c1-9(2)15(8-13(16)17)7-10-4-5-12(18-3)11(14)6-10/h4-6,9H,7-8H2,1-3H3,(H,16,17). The van der Waals surface area contributed by atoms with Crippen LogP contribution in [0.15, 0.2) is 22.7 Å². The Bertz CT molecular complexity index is 421. The molecule has 0 heterocycles. The summed E-state index contributed by atoms with van der Waals surface area (Å²) in [6.45, 7) is 4.62. The molecule has 0 fully saturated rings. The zero-order chi connectivity index (χ0) is 13.7. The summed E-state index contributed by atoms with van der Waals surface area (Å²) in [5, 5.41) is 8.88. The summed E-state index contributed by atoms with van der Waals surface area (Å²) in [7, 11) is 1.62. The van der Waals surface area contributed by atoms with Gasteiger partial charge in [0.15, 0.2) is 0 Å². The summed E-state index contributed by atoms with van der Waals surface area (Å²) in [6, 6.07) is 5.96. The number of hydrogen-bond donors (Lipinski definition) is 1. The van der Waals surface area contributed by atoms with Crippen molar-refractivity contribution in [3.05, 3.63) is 28.2 Å². The number of halogens is 1. The van der Waals surface area contributed by atoms with Crippen LogP contribution < -0.4 is 4.74 Å². The molecule has 0 aromatic heterocycles. The largest absolute Gasteiger partial charge is 0.496 e. The number of ether oxygens (including phenoxy) is 1. The van der Waals surface area contributed by atoms with E-state index in [2.05, 4.69) is 15.9 Å². The van der Waals surface area contributed by atoms with Gasteiger partial charge in [0.05, 0.1) is 18.1 Å². The quantitative estimate of drug-likeness (QED) is 0.877. The minimum absolute atomic E-state index is 0.0430. The van der Waals surface area contributed by atoms with Crippen LogP contribution in [0.2, 0.25) is 0 Å². The number of methoxy groups -OCH3 is 1. The van der Waals surface area contributed by atoms with Gasteiger partial charge in [-0.25, -0.2) is 0 Å². The number of carboxylic acids is 1. The molecule has 5 heteroatoms. The molecule has 0 unspecified atom stereocenters. The normalized spacial score (nSPS) is 11.0. The van der Waals surface area contributed by atoms with Crippen molar-refractivity contribution in [3.63, 3.8) is 0 Å². The lowest BCUT2D eigenvalue weighted by molar-refractivity contribution is -0.138. The molecular formula is C13H18BrNO3. The molecule has 0 aliphatic carbocycles. The van der Waals surface area contributed by atoms with Crippen molar-refractivity contribution in [1.29, 1.82) is 0 Å². The Balaban J connectivity index is 2.80. The molecule has 0 saturated heterocycles. The smallest absolute Gasteiger partial charge is 0.317 e. The first-order valence-electron chi connectivity index (χ1n) is 5.72. The summed E-state index contributed by atoms with van der Waals surface area (Å²) >= 11 is 3.43. The lowest BCUT2D eigenvalue weighted by Gasteiger charge is -2.24. The minimum Gasteiger partial charge on any atom is -0.496 e. The number of nitrogens with zero attached hydrogens (tertiary/aromatic N) is 1. The number of carbonyl (C=O) groups is 1. The zero-order valence-electron chi connectivity index (χ0n) is 10.8. The molecule has 1 aromatic rings. The molecule has 0 atom stereocenters. The van der Waals surface area contributed by atoms with Gasteiger partial charge in [0, 0.05) is 12.6 Å². The minimum atomic E-state index is -0.809. The number of aliphatic carboxylic acids is 1. The maximum absolute atomic E-state index is 10.8. The van der Waals surface area contributed by atoms with Gasteiger partial charge in [-0.3, -0.25) is 9.69 Å². The second kappa shape index (κ2) is 6.75. The van der Waals surface area contributed by atoms with E-state index in [1.165, 1.54) is 0 Å². The van der Waals surface area contributed by atoms with Crippen LogP contribution in [-0.2, 0) is 11.3 Å². The fraction of sp³-hybridized carbons (Fsp3) is 0.462. The third-order valence-corrected chi connectivity index (χ3v) is 3.29. The van der Waals surface area contributed by atoms with E-state index in [9.17, 15) is 4.79 Å². The van der Waals surface area contributed by atoms with E-state index in [1.807, 2.05) is 36.9 Å². The highest BCUT2D eigenvalue weighted by Crippen LogP contribution is 2.26. The van der Waals surface area contributed by atoms with Crippen LogP contribution in [0.25, 0.3) is 0 Å². The number of hydrogen-bond acceptors (Lipinski definition) is 3. The molecule has 0 radical (unpaired) electrons. The third-order valence-electron chi connectivity index (χ3n) is 2.67. The summed E-state index contributed by atoms with van der Waals surface area (Å²) in [6.07, 6.45) is 0. The second-order valence-electron chi connectivity index (χ2n) is 4.36. The van der Waals surface area contributed by atoms with Crippen molar-refractivity contribution in [2.45, 2.75) is 26.4 Å². The first kappa shape index (κ1) is 15.0. The van der Waals surface area contributed by atoms with Gasteiger partial charge in [-0.05, 0) is 47.5 Å². The Kier molecular flexibility index (Phi) is 5.62. The van der Waals surface area contributed by atoms with E-state index < -0.39 is 5.97 Å². The third kappa shape index (κ3) is 4.31. The molecule has 18 heavy (non-hydrogen) atoms. The Hall–Kier alpha value is -1.07. The lowest BCUT2D eigenvalue weighted by atomic mass is 10.2. The van der Waals surface area contributed by atoms with Crippen molar-refractivity contribution in [1.82, 2.24) is 4.90 Å². The van der Waals surface area contributed by atoms with Crippen molar-refractivity contribution in [2.75, 3.05) is 13.7 Å². The summed E-state index contributed by atoms with van der Waals surface area (Å²) in [5.41, 5.74) is 1.05. The van der Waals surface area contributed by atoms with Crippen LogP contribution in [0.4, 0.5) is 0 Å². The predicted octanol–water partition coefficient (Wildman–Crippen LogP) is 2.75. The van der Waals surface area contributed by atoms with Crippen LogP contribution >= 0.6 is 15.9 Å². The van der Waals surface area contributed by atoms with E-state index in [1.54, 1.807) is 7.11 Å².